The van der Waals surface area contributed by atoms with Crippen LogP contribution in [0, 0.1) is 13.8 Å². The Morgan fingerprint density at radius 2 is 1.81 bits per heavy atom. The number of nitrogen functional groups attached to an aromatic ring is 1. The lowest BCUT2D eigenvalue weighted by molar-refractivity contribution is -0.0372. The molecular weight excluding hydrogens is 394 g/mol. The number of methoxy groups -OCH3 is 2. The number of anilines is 1. The third-order valence-electron chi connectivity index (χ3n) is 6.14. The predicted octanol–water partition coefficient (Wildman–Crippen LogP) is 2.67. The van der Waals surface area contributed by atoms with Crippen molar-refractivity contribution in [3.05, 3.63) is 41.1 Å². The van der Waals surface area contributed by atoms with Gasteiger partial charge in [0.1, 0.15) is 0 Å². The number of aliphatic hydroxyl groups is 1. The number of nitrogens with zero attached hydrogens (tertiary/aromatic N) is 4. The van der Waals surface area contributed by atoms with Crippen LogP contribution < -0.4 is 15.2 Å². The van der Waals surface area contributed by atoms with Crippen LogP contribution in [0.3, 0.4) is 0 Å². The van der Waals surface area contributed by atoms with E-state index >= 15 is 0 Å². The number of hydrogen-bond donors (Lipinski definition) is 2. The molecular formula is C23H31N5O3. The molecule has 1 saturated heterocycles. The van der Waals surface area contributed by atoms with E-state index in [2.05, 4.69) is 21.0 Å². The van der Waals surface area contributed by atoms with Gasteiger partial charge in [0.2, 0.25) is 0 Å². The molecule has 0 saturated carbocycles. The highest BCUT2D eigenvalue weighted by molar-refractivity contribution is 5.89. The van der Waals surface area contributed by atoms with Gasteiger partial charge in [-0.05, 0) is 56.0 Å². The van der Waals surface area contributed by atoms with Crippen molar-refractivity contribution in [3.8, 4) is 11.5 Å². The number of likely N-dealkylation sites (tertiary alicyclic amines) is 1. The van der Waals surface area contributed by atoms with Crippen LogP contribution in [0.15, 0.2) is 24.3 Å². The summed E-state index contributed by atoms with van der Waals surface area (Å²) in [7, 11) is 3.28. The molecule has 0 atom stereocenters. The minimum absolute atomic E-state index is 0.390. The van der Waals surface area contributed by atoms with Crippen molar-refractivity contribution in [2.45, 2.75) is 45.4 Å². The Hall–Kier alpha value is -2.84. The highest BCUT2D eigenvalue weighted by atomic mass is 16.5. The van der Waals surface area contributed by atoms with E-state index in [1.807, 2.05) is 32.0 Å². The van der Waals surface area contributed by atoms with E-state index in [1.54, 1.807) is 18.9 Å². The van der Waals surface area contributed by atoms with Crippen molar-refractivity contribution in [1.29, 1.82) is 0 Å². The molecule has 31 heavy (non-hydrogen) atoms. The summed E-state index contributed by atoms with van der Waals surface area (Å²) >= 11 is 0. The van der Waals surface area contributed by atoms with Crippen molar-refractivity contribution < 1.29 is 14.6 Å². The minimum atomic E-state index is -0.835. The van der Waals surface area contributed by atoms with Gasteiger partial charge in [-0.25, -0.2) is 9.67 Å². The molecule has 1 fully saturated rings. The zero-order chi connectivity index (χ0) is 22.2. The summed E-state index contributed by atoms with van der Waals surface area (Å²) in [5.74, 6) is 1.92. The molecule has 0 spiro atoms. The first-order valence-electron chi connectivity index (χ1n) is 10.6. The highest BCUT2D eigenvalue weighted by Crippen LogP contribution is 2.31. The molecule has 0 radical (unpaired) electrons. The summed E-state index contributed by atoms with van der Waals surface area (Å²) in [6, 6.07) is 8.00. The van der Waals surface area contributed by atoms with Gasteiger partial charge in [-0.2, -0.15) is 5.10 Å². The van der Waals surface area contributed by atoms with Crippen LogP contribution in [0.1, 0.15) is 29.7 Å². The Morgan fingerprint density at radius 3 is 2.48 bits per heavy atom. The second kappa shape index (κ2) is 8.36. The Labute approximate surface area is 182 Å². The standard InChI is InChI=1S/C23H31N5O3/c1-15-11-16(2)25-22-20(15)21(24)26-28(22)14-23(29)7-9-27(10-8-23)13-17-5-6-18(30-3)19(12-17)31-4/h5-6,11-12,29H,7-10,13-14H2,1-4H3,(H2,24,26). The lowest BCUT2D eigenvalue weighted by Gasteiger charge is -2.38. The topological polar surface area (TPSA) is 98.7 Å². The maximum Gasteiger partial charge on any atom is 0.161 e. The first-order valence-corrected chi connectivity index (χ1v) is 10.6. The van der Waals surface area contributed by atoms with E-state index in [-0.39, 0.29) is 0 Å². The van der Waals surface area contributed by atoms with E-state index < -0.39 is 5.60 Å². The van der Waals surface area contributed by atoms with Crippen molar-refractivity contribution >= 4 is 16.9 Å². The number of aryl methyl sites for hydroxylation is 2. The molecule has 0 amide bonds. The molecule has 0 bridgehead atoms. The molecule has 1 aliphatic rings. The lowest BCUT2D eigenvalue weighted by atomic mass is 9.91. The maximum atomic E-state index is 11.3. The van der Waals surface area contributed by atoms with Crippen molar-refractivity contribution in [3.63, 3.8) is 0 Å². The van der Waals surface area contributed by atoms with Gasteiger partial charge in [0.05, 0.1) is 31.8 Å². The SMILES string of the molecule is COc1ccc(CN2CCC(O)(Cn3nc(N)c4c(C)cc(C)nc43)CC2)cc1OC. The second-order valence-corrected chi connectivity index (χ2v) is 8.51. The second-order valence-electron chi connectivity index (χ2n) is 8.51. The molecule has 3 heterocycles. The zero-order valence-electron chi connectivity index (χ0n) is 18.7. The summed E-state index contributed by atoms with van der Waals surface area (Å²) in [4.78, 5) is 6.98. The number of benzene rings is 1. The monoisotopic (exact) mass is 425 g/mol. The third-order valence-corrected chi connectivity index (χ3v) is 6.14. The summed E-state index contributed by atoms with van der Waals surface area (Å²) in [6.07, 6.45) is 1.32. The summed E-state index contributed by atoms with van der Waals surface area (Å²) < 4.78 is 12.5. The third kappa shape index (κ3) is 4.31. The highest BCUT2D eigenvalue weighted by Gasteiger charge is 2.34. The average Bonchev–Trinajstić information content (AvgIpc) is 3.04. The van der Waals surface area contributed by atoms with E-state index in [0.717, 1.165) is 59.0 Å². The fourth-order valence-corrected chi connectivity index (χ4v) is 4.46. The molecule has 8 nitrogen and oxygen atoms in total. The number of rotatable bonds is 6. The Balaban J connectivity index is 1.44. The first kappa shape index (κ1) is 21.4. The average molecular weight is 426 g/mol. The van der Waals surface area contributed by atoms with Gasteiger partial charge < -0.3 is 20.3 Å². The van der Waals surface area contributed by atoms with Crippen LogP contribution in [0.25, 0.3) is 11.0 Å². The molecule has 3 aromatic rings. The number of aromatic nitrogens is 3. The van der Waals surface area contributed by atoms with Gasteiger partial charge in [0.15, 0.2) is 23.0 Å². The predicted molar refractivity (Wildman–Crippen MR) is 120 cm³/mol. The zero-order valence-corrected chi connectivity index (χ0v) is 18.7. The lowest BCUT2D eigenvalue weighted by Crippen LogP contribution is -2.46. The largest absolute Gasteiger partial charge is 0.493 e. The van der Waals surface area contributed by atoms with E-state index in [4.69, 9.17) is 15.2 Å². The maximum absolute atomic E-state index is 11.3. The quantitative estimate of drug-likeness (QED) is 0.626. The van der Waals surface area contributed by atoms with Crippen LogP contribution in [0.2, 0.25) is 0 Å². The molecule has 1 aliphatic heterocycles. The summed E-state index contributed by atoms with van der Waals surface area (Å²) in [5.41, 5.74) is 9.19. The number of fused-ring (bicyclic) bond motifs is 1. The van der Waals surface area contributed by atoms with Crippen LogP contribution >= 0.6 is 0 Å². The molecule has 0 aliphatic carbocycles. The number of hydrogen-bond acceptors (Lipinski definition) is 7. The Bertz CT molecular complexity index is 1090. The van der Waals surface area contributed by atoms with Gasteiger partial charge in [0.25, 0.3) is 0 Å². The van der Waals surface area contributed by atoms with E-state index in [9.17, 15) is 5.11 Å². The van der Waals surface area contributed by atoms with E-state index in [0.29, 0.717) is 25.2 Å². The van der Waals surface area contributed by atoms with Gasteiger partial charge >= 0.3 is 0 Å². The molecule has 4 rings (SSSR count). The minimum Gasteiger partial charge on any atom is -0.493 e. The fraction of sp³-hybridized carbons (Fsp3) is 0.478. The molecule has 3 N–H and O–H groups in total. The number of nitrogens with two attached hydrogens (primary N) is 1. The van der Waals surface area contributed by atoms with Gasteiger partial charge in [-0.15, -0.1) is 0 Å². The molecule has 1 aromatic carbocycles. The number of ether oxygens (including phenoxy) is 2. The smallest absolute Gasteiger partial charge is 0.161 e. The number of pyridine rings is 1. The molecule has 166 valence electrons. The van der Waals surface area contributed by atoms with Crippen molar-refractivity contribution in [2.75, 3.05) is 33.0 Å². The van der Waals surface area contributed by atoms with Gasteiger partial charge in [-0.3, -0.25) is 4.90 Å². The van der Waals surface area contributed by atoms with Crippen LogP contribution in [-0.4, -0.2) is 57.7 Å². The first-order chi connectivity index (χ1) is 14.8. The Morgan fingerprint density at radius 1 is 1.10 bits per heavy atom. The van der Waals surface area contributed by atoms with Crippen molar-refractivity contribution in [1.82, 2.24) is 19.7 Å². The van der Waals surface area contributed by atoms with Crippen LogP contribution in [0.4, 0.5) is 5.82 Å². The molecule has 0 unspecified atom stereocenters. The normalized spacial score (nSPS) is 16.5. The fourth-order valence-electron chi connectivity index (χ4n) is 4.46. The van der Waals surface area contributed by atoms with Gasteiger partial charge in [0, 0.05) is 25.3 Å². The number of piperidine rings is 1. The van der Waals surface area contributed by atoms with Crippen LogP contribution in [-0.2, 0) is 13.1 Å². The molecule has 8 heteroatoms. The molecule has 2 aromatic heterocycles. The Kier molecular flexibility index (Phi) is 5.77. The summed E-state index contributed by atoms with van der Waals surface area (Å²) in [6.45, 7) is 6.76. The van der Waals surface area contributed by atoms with Crippen LogP contribution in [0.5, 0.6) is 11.5 Å². The van der Waals surface area contributed by atoms with E-state index in [1.165, 1.54) is 0 Å². The van der Waals surface area contributed by atoms with Crippen molar-refractivity contribution in [2.24, 2.45) is 0 Å². The summed E-state index contributed by atoms with van der Waals surface area (Å²) in [5, 5.41) is 16.6. The van der Waals surface area contributed by atoms with Gasteiger partial charge in [-0.1, -0.05) is 6.07 Å².